The van der Waals surface area contributed by atoms with Gasteiger partial charge in [-0.2, -0.15) is 0 Å². The lowest BCUT2D eigenvalue weighted by Gasteiger charge is -2.30. The van der Waals surface area contributed by atoms with Gasteiger partial charge in [0.2, 0.25) is 0 Å². The molecule has 2 N–H and O–H groups in total. The molecule has 6 heteroatoms. The highest BCUT2D eigenvalue weighted by molar-refractivity contribution is 7.14. The fourth-order valence-electron chi connectivity index (χ4n) is 3.87. The minimum absolute atomic E-state index is 0.0183. The Morgan fingerprint density at radius 1 is 1.33 bits per heavy atom. The third-order valence-corrected chi connectivity index (χ3v) is 6.41. The van der Waals surface area contributed by atoms with Crippen molar-refractivity contribution in [1.29, 1.82) is 0 Å². The molecular formula is C21H26N2O3S. The van der Waals surface area contributed by atoms with Crippen molar-refractivity contribution in [3.8, 4) is 0 Å². The highest BCUT2D eigenvalue weighted by Crippen LogP contribution is 2.37. The summed E-state index contributed by atoms with van der Waals surface area (Å²) < 4.78 is 11.2. The van der Waals surface area contributed by atoms with E-state index in [-0.39, 0.29) is 12.1 Å². The molecule has 0 saturated carbocycles. The van der Waals surface area contributed by atoms with Crippen LogP contribution >= 0.6 is 11.3 Å². The molecule has 3 unspecified atom stereocenters. The van der Waals surface area contributed by atoms with E-state index >= 15 is 0 Å². The Bertz CT molecular complexity index is 775. The number of ether oxygens (including phenoxy) is 2. The number of hydrogen-bond donors (Lipinski definition) is 2. The van der Waals surface area contributed by atoms with Gasteiger partial charge in [-0.25, -0.2) is 4.79 Å². The van der Waals surface area contributed by atoms with E-state index in [1.165, 1.54) is 16.0 Å². The molecule has 1 aromatic carbocycles. The van der Waals surface area contributed by atoms with Crippen molar-refractivity contribution in [2.45, 2.75) is 44.5 Å². The van der Waals surface area contributed by atoms with Gasteiger partial charge in [0.1, 0.15) is 4.88 Å². The molecule has 5 nitrogen and oxygen atoms in total. The summed E-state index contributed by atoms with van der Waals surface area (Å²) in [5.41, 5.74) is 2.68. The van der Waals surface area contributed by atoms with Crippen molar-refractivity contribution >= 4 is 17.3 Å². The summed E-state index contributed by atoms with van der Waals surface area (Å²) >= 11 is 1.58. The van der Waals surface area contributed by atoms with Crippen molar-refractivity contribution < 1.29 is 14.3 Å². The average molecular weight is 387 g/mol. The van der Waals surface area contributed by atoms with Crippen molar-refractivity contribution in [3.63, 3.8) is 0 Å². The predicted molar refractivity (Wildman–Crippen MR) is 106 cm³/mol. The molecule has 4 rings (SSSR count). The van der Waals surface area contributed by atoms with Crippen molar-refractivity contribution in [1.82, 2.24) is 10.6 Å². The van der Waals surface area contributed by atoms with Gasteiger partial charge in [-0.05, 0) is 48.9 Å². The lowest BCUT2D eigenvalue weighted by Crippen LogP contribution is -2.56. The highest BCUT2D eigenvalue weighted by Gasteiger charge is 2.27. The van der Waals surface area contributed by atoms with Gasteiger partial charge in [0, 0.05) is 4.88 Å². The van der Waals surface area contributed by atoms with Crippen LogP contribution in [0, 0.1) is 0 Å². The van der Waals surface area contributed by atoms with E-state index in [0.717, 1.165) is 25.8 Å². The molecule has 2 heterocycles. The molecule has 1 aromatic heterocycles. The van der Waals surface area contributed by atoms with Crippen molar-refractivity contribution in [3.05, 3.63) is 57.3 Å². The summed E-state index contributed by atoms with van der Waals surface area (Å²) in [5, 5.41) is 6.53. The minimum atomic E-state index is -0.411. The first-order valence-corrected chi connectivity index (χ1v) is 10.5. The fraction of sp³-hybridized carbons (Fsp3) is 0.476. The van der Waals surface area contributed by atoms with Crippen LogP contribution in [0.1, 0.15) is 44.9 Å². The number of thiophene rings is 1. The van der Waals surface area contributed by atoms with Gasteiger partial charge < -0.3 is 14.8 Å². The number of carbonyl (C=O) groups excluding carboxylic acids is 1. The van der Waals surface area contributed by atoms with Crippen LogP contribution < -0.4 is 10.6 Å². The second-order valence-electron chi connectivity index (χ2n) is 7.12. The number of morpholine rings is 1. The molecule has 27 heavy (non-hydrogen) atoms. The molecule has 1 aliphatic carbocycles. The van der Waals surface area contributed by atoms with Crippen molar-refractivity contribution in [2.24, 2.45) is 0 Å². The molecule has 144 valence electrons. The normalized spacial score (nSPS) is 25.0. The predicted octanol–water partition coefficient (Wildman–Crippen LogP) is 3.06. The molecule has 0 amide bonds. The first-order chi connectivity index (χ1) is 13.2. The zero-order chi connectivity index (χ0) is 18.6. The Labute approximate surface area is 164 Å². The number of esters is 1. The van der Waals surface area contributed by atoms with Gasteiger partial charge in [0.15, 0.2) is 6.23 Å². The Morgan fingerprint density at radius 2 is 2.19 bits per heavy atom. The molecule has 3 atom stereocenters. The first kappa shape index (κ1) is 18.6. The molecular weight excluding hydrogens is 360 g/mol. The standard InChI is InChI=1S/C21H26N2O3S/c1-2-22-19-12-25-13-20(23-19)26-21(24)18-11-16-10-15(8-9-17(16)27-18)14-6-4-3-5-7-14/h3-7,11,15,19-20,22-23H,2,8-10,12-13H2,1H3. The highest BCUT2D eigenvalue weighted by atomic mass is 32.1. The molecule has 2 aliphatic rings. The molecule has 1 saturated heterocycles. The van der Waals surface area contributed by atoms with Gasteiger partial charge in [-0.3, -0.25) is 5.32 Å². The van der Waals surface area contributed by atoms with E-state index in [9.17, 15) is 4.79 Å². The zero-order valence-corrected chi connectivity index (χ0v) is 16.4. The van der Waals surface area contributed by atoms with E-state index in [1.54, 1.807) is 11.3 Å². The number of fused-ring (bicyclic) bond motifs is 1. The second kappa shape index (κ2) is 8.52. The van der Waals surface area contributed by atoms with Gasteiger partial charge in [-0.1, -0.05) is 37.3 Å². The monoisotopic (exact) mass is 386 g/mol. The van der Waals surface area contributed by atoms with E-state index in [1.807, 2.05) is 13.0 Å². The maximum absolute atomic E-state index is 12.6. The molecule has 0 spiro atoms. The van der Waals surface area contributed by atoms with E-state index in [4.69, 9.17) is 9.47 Å². The molecule has 1 fully saturated rings. The van der Waals surface area contributed by atoms with Gasteiger partial charge >= 0.3 is 5.97 Å². The minimum Gasteiger partial charge on any atom is -0.440 e. The van der Waals surface area contributed by atoms with Crippen LogP contribution in [0.4, 0.5) is 0 Å². The lowest BCUT2D eigenvalue weighted by molar-refractivity contribution is -0.0607. The van der Waals surface area contributed by atoms with E-state index in [0.29, 0.717) is 24.0 Å². The molecule has 1 aliphatic heterocycles. The van der Waals surface area contributed by atoms with Crippen LogP contribution in [-0.2, 0) is 22.3 Å². The molecule has 2 aromatic rings. The number of benzene rings is 1. The second-order valence-corrected chi connectivity index (χ2v) is 8.25. The van der Waals surface area contributed by atoms with Crippen LogP contribution in [0.2, 0.25) is 0 Å². The maximum Gasteiger partial charge on any atom is 0.349 e. The summed E-state index contributed by atoms with van der Waals surface area (Å²) in [7, 11) is 0. The molecule has 0 bridgehead atoms. The molecule has 0 radical (unpaired) electrons. The van der Waals surface area contributed by atoms with Crippen LogP contribution in [0.25, 0.3) is 0 Å². The fourth-order valence-corrected chi connectivity index (χ4v) is 4.96. The third kappa shape index (κ3) is 4.41. The van der Waals surface area contributed by atoms with Crippen LogP contribution in [0.5, 0.6) is 0 Å². The number of likely N-dealkylation sites (N-methyl/N-ethyl adjacent to an activating group) is 1. The summed E-state index contributed by atoms with van der Waals surface area (Å²) in [5.74, 6) is 0.273. The van der Waals surface area contributed by atoms with E-state index in [2.05, 4.69) is 41.0 Å². The zero-order valence-electron chi connectivity index (χ0n) is 15.6. The Balaban J connectivity index is 1.39. The van der Waals surface area contributed by atoms with Crippen LogP contribution in [0.3, 0.4) is 0 Å². The number of hydrogen-bond acceptors (Lipinski definition) is 6. The smallest absolute Gasteiger partial charge is 0.349 e. The number of carbonyl (C=O) groups is 1. The topological polar surface area (TPSA) is 59.6 Å². The lowest BCUT2D eigenvalue weighted by atomic mass is 9.83. The number of nitrogens with one attached hydrogen (secondary N) is 2. The third-order valence-electron chi connectivity index (χ3n) is 5.20. The summed E-state index contributed by atoms with van der Waals surface area (Å²) in [6, 6.07) is 12.7. The Morgan fingerprint density at radius 3 is 3.00 bits per heavy atom. The van der Waals surface area contributed by atoms with Crippen molar-refractivity contribution in [2.75, 3.05) is 19.8 Å². The SMILES string of the molecule is CCNC1COCC(OC(=O)c2cc3c(s2)CCC(c2ccccc2)C3)N1. The van der Waals surface area contributed by atoms with Crippen LogP contribution in [-0.4, -0.2) is 38.1 Å². The Hall–Kier alpha value is -1.73. The van der Waals surface area contributed by atoms with Gasteiger partial charge in [0.25, 0.3) is 0 Å². The number of rotatable bonds is 5. The Kier molecular flexibility index (Phi) is 5.88. The average Bonchev–Trinajstić information content (AvgIpc) is 3.13. The summed E-state index contributed by atoms with van der Waals surface area (Å²) in [4.78, 5) is 14.6. The summed E-state index contributed by atoms with van der Waals surface area (Å²) in [6.45, 7) is 3.84. The van der Waals surface area contributed by atoms with Gasteiger partial charge in [0.05, 0.1) is 19.4 Å². The number of aryl methyl sites for hydroxylation is 1. The largest absolute Gasteiger partial charge is 0.440 e. The van der Waals surface area contributed by atoms with E-state index < -0.39 is 6.23 Å². The first-order valence-electron chi connectivity index (χ1n) is 9.67. The quantitative estimate of drug-likeness (QED) is 0.774. The van der Waals surface area contributed by atoms with Gasteiger partial charge in [-0.15, -0.1) is 11.3 Å². The van der Waals surface area contributed by atoms with Crippen LogP contribution in [0.15, 0.2) is 36.4 Å². The summed E-state index contributed by atoms with van der Waals surface area (Å²) in [6.07, 6.45) is 2.77. The maximum atomic E-state index is 12.6.